The lowest BCUT2D eigenvalue weighted by Crippen LogP contribution is -2.28. The second kappa shape index (κ2) is 6.02. The van der Waals surface area contributed by atoms with Gasteiger partial charge in [0, 0.05) is 5.02 Å². The number of halogens is 2. The van der Waals surface area contributed by atoms with Gasteiger partial charge in [0.15, 0.2) is 6.61 Å². The molecule has 0 unspecified atom stereocenters. The number of rotatable bonds is 4. The summed E-state index contributed by atoms with van der Waals surface area (Å²) in [6.45, 7) is -0.405. The molecule has 19 heavy (non-hydrogen) atoms. The molecule has 0 bridgehead atoms. The monoisotopic (exact) mass is 285 g/mol. The SMILES string of the molecule is O=C(COC(=O)C1CCC1)Nc1ccc(Cl)cc1F. The highest BCUT2D eigenvalue weighted by Crippen LogP contribution is 2.27. The largest absolute Gasteiger partial charge is 0.455 e. The first-order valence-corrected chi connectivity index (χ1v) is 6.35. The fourth-order valence-corrected chi connectivity index (χ4v) is 1.83. The first-order chi connectivity index (χ1) is 9.06. The summed E-state index contributed by atoms with van der Waals surface area (Å²) in [5.74, 6) is -1.65. The Hall–Kier alpha value is -1.62. The number of esters is 1. The van der Waals surface area contributed by atoms with E-state index in [1.807, 2.05) is 0 Å². The van der Waals surface area contributed by atoms with Crippen LogP contribution in [0.15, 0.2) is 18.2 Å². The summed E-state index contributed by atoms with van der Waals surface area (Å²) in [6, 6.07) is 3.90. The van der Waals surface area contributed by atoms with E-state index < -0.39 is 18.3 Å². The zero-order chi connectivity index (χ0) is 13.8. The number of amides is 1. The first-order valence-electron chi connectivity index (χ1n) is 5.98. The molecule has 0 aromatic heterocycles. The van der Waals surface area contributed by atoms with Gasteiger partial charge in [0.1, 0.15) is 5.82 Å². The maximum absolute atomic E-state index is 13.4. The number of anilines is 1. The van der Waals surface area contributed by atoms with Gasteiger partial charge in [0.2, 0.25) is 0 Å². The average molecular weight is 286 g/mol. The van der Waals surface area contributed by atoms with Crippen LogP contribution in [0.2, 0.25) is 5.02 Å². The van der Waals surface area contributed by atoms with Crippen molar-refractivity contribution in [1.82, 2.24) is 0 Å². The Morgan fingerprint density at radius 3 is 2.74 bits per heavy atom. The van der Waals surface area contributed by atoms with E-state index in [1.54, 1.807) is 0 Å². The third kappa shape index (κ3) is 3.67. The number of carbonyl (C=O) groups is 2. The lowest BCUT2D eigenvalue weighted by molar-refractivity contribution is -0.154. The molecule has 0 heterocycles. The van der Waals surface area contributed by atoms with E-state index in [2.05, 4.69) is 5.32 Å². The highest BCUT2D eigenvalue weighted by Gasteiger charge is 2.27. The van der Waals surface area contributed by atoms with Gasteiger partial charge in [0.05, 0.1) is 11.6 Å². The molecule has 0 aliphatic heterocycles. The molecule has 1 aromatic rings. The van der Waals surface area contributed by atoms with Gasteiger partial charge in [-0.3, -0.25) is 9.59 Å². The summed E-state index contributed by atoms with van der Waals surface area (Å²) in [4.78, 5) is 22.9. The van der Waals surface area contributed by atoms with Gasteiger partial charge < -0.3 is 10.1 Å². The van der Waals surface area contributed by atoms with Gasteiger partial charge in [-0.25, -0.2) is 4.39 Å². The van der Waals surface area contributed by atoms with Gasteiger partial charge >= 0.3 is 5.97 Å². The average Bonchev–Trinajstić information content (AvgIpc) is 2.28. The van der Waals surface area contributed by atoms with Crippen molar-refractivity contribution in [3.8, 4) is 0 Å². The van der Waals surface area contributed by atoms with E-state index in [9.17, 15) is 14.0 Å². The van der Waals surface area contributed by atoms with Crippen molar-refractivity contribution in [3.05, 3.63) is 29.0 Å². The van der Waals surface area contributed by atoms with E-state index in [0.717, 1.165) is 25.3 Å². The topological polar surface area (TPSA) is 55.4 Å². The maximum Gasteiger partial charge on any atom is 0.309 e. The molecule has 2 rings (SSSR count). The number of carbonyl (C=O) groups excluding carboxylic acids is 2. The molecular formula is C13H13ClFNO3. The number of hydrogen-bond acceptors (Lipinski definition) is 3. The van der Waals surface area contributed by atoms with Gasteiger partial charge in [0.25, 0.3) is 5.91 Å². The van der Waals surface area contributed by atoms with Crippen LogP contribution in [0.3, 0.4) is 0 Å². The highest BCUT2D eigenvalue weighted by molar-refractivity contribution is 6.30. The summed E-state index contributed by atoms with van der Waals surface area (Å²) in [6.07, 6.45) is 2.64. The quantitative estimate of drug-likeness (QED) is 0.866. The second-order valence-electron chi connectivity index (χ2n) is 4.41. The normalized spacial score (nSPS) is 14.6. The van der Waals surface area contributed by atoms with Crippen LogP contribution in [0.25, 0.3) is 0 Å². The predicted octanol–water partition coefficient (Wildman–Crippen LogP) is 2.76. The van der Waals surface area contributed by atoms with Crippen molar-refractivity contribution in [2.75, 3.05) is 11.9 Å². The number of ether oxygens (including phenoxy) is 1. The van der Waals surface area contributed by atoms with Gasteiger partial charge in [-0.2, -0.15) is 0 Å². The Kier molecular flexibility index (Phi) is 4.37. The summed E-state index contributed by atoms with van der Waals surface area (Å²) in [7, 11) is 0. The summed E-state index contributed by atoms with van der Waals surface area (Å²) in [5, 5.41) is 2.56. The van der Waals surface area contributed by atoms with Gasteiger partial charge in [-0.15, -0.1) is 0 Å². The standard InChI is InChI=1S/C13H13ClFNO3/c14-9-4-5-11(10(15)6-9)16-12(17)7-19-13(18)8-2-1-3-8/h4-6,8H,1-3,7H2,(H,16,17). The Morgan fingerprint density at radius 2 is 2.16 bits per heavy atom. The molecule has 1 amide bonds. The molecule has 4 nitrogen and oxygen atoms in total. The third-order valence-corrected chi connectivity index (χ3v) is 3.22. The van der Waals surface area contributed by atoms with Crippen LogP contribution in [0.4, 0.5) is 10.1 Å². The van der Waals surface area contributed by atoms with E-state index in [0.29, 0.717) is 0 Å². The molecule has 1 aliphatic rings. The predicted molar refractivity (Wildman–Crippen MR) is 68.3 cm³/mol. The number of hydrogen-bond donors (Lipinski definition) is 1. The summed E-state index contributed by atoms with van der Waals surface area (Å²) in [5.41, 5.74) is 0.00842. The van der Waals surface area contributed by atoms with Crippen LogP contribution in [0.5, 0.6) is 0 Å². The second-order valence-corrected chi connectivity index (χ2v) is 4.84. The molecule has 0 atom stereocenters. The van der Waals surface area contributed by atoms with Crippen LogP contribution in [0, 0.1) is 11.7 Å². The van der Waals surface area contributed by atoms with Crippen LogP contribution >= 0.6 is 11.6 Å². The zero-order valence-corrected chi connectivity index (χ0v) is 10.9. The highest BCUT2D eigenvalue weighted by atomic mass is 35.5. The summed E-state index contributed by atoms with van der Waals surface area (Å²) < 4.78 is 18.2. The van der Waals surface area contributed by atoms with Crippen LogP contribution in [-0.2, 0) is 14.3 Å². The van der Waals surface area contributed by atoms with Crippen LogP contribution < -0.4 is 5.32 Å². The minimum atomic E-state index is -0.633. The number of nitrogens with one attached hydrogen (secondary N) is 1. The Balaban J connectivity index is 1.81. The molecule has 0 spiro atoms. The Bertz CT molecular complexity index is 503. The molecule has 6 heteroatoms. The molecule has 1 saturated carbocycles. The van der Waals surface area contributed by atoms with E-state index in [4.69, 9.17) is 16.3 Å². The van der Waals surface area contributed by atoms with Crippen molar-refractivity contribution >= 4 is 29.2 Å². The van der Waals surface area contributed by atoms with Crippen molar-refractivity contribution in [1.29, 1.82) is 0 Å². The molecule has 102 valence electrons. The lowest BCUT2D eigenvalue weighted by atomic mass is 9.86. The molecule has 1 fully saturated rings. The zero-order valence-electron chi connectivity index (χ0n) is 10.1. The number of benzene rings is 1. The molecule has 1 aliphatic carbocycles. The minimum Gasteiger partial charge on any atom is -0.455 e. The Labute approximate surface area is 114 Å². The van der Waals surface area contributed by atoms with Crippen molar-refractivity contribution in [3.63, 3.8) is 0 Å². The smallest absolute Gasteiger partial charge is 0.309 e. The fraction of sp³-hybridized carbons (Fsp3) is 0.385. The molecule has 1 N–H and O–H groups in total. The lowest BCUT2D eigenvalue weighted by Gasteiger charge is -2.22. The molecule has 0 radical (unpaired) electrons. The molecule has 0 saturated heterocycles. The van der Waals surface area contributed by atoms with Crippen molar-refractivity contribution in [2.45, 2.75) is 19.3 Å². The van der Waals surface area contributed by atoms with E-state index >= 15 is 0 Å². The van der Waals surface area contributed by atoms with Crippen LogP contribution in [0.1, 0.15) is 19.3 Å². The van der Waals surface area contributed by atoms with Crippen molar-refractivity contribution in [2.24, 2.45) is 5.92 Å². The van der Waals surface area contributed by atoms with Gasteiger partial charge in [-0.1, -0.05) is 18.0 Å². The van der Waals surface area contributed by atoms with E-state index in [-0.39, 0.29) is 22.6 Å². The Morgan fingerprint density at radius 1 is 1.42 bits per heavy atom. The molecule has 1 aromatic carbocycles. The van der Waals surface area contributed by atoms with E-state index in [1.165, 1.54) is 12.1 Å². The molecular weight excluding hydrogens is 273 g/mol. The van der Waals surface area contributed by atoms with Crippen molar-refractivity contribution < 1.29 is 18.7 Å². The van der Waals surface area contributed by atoms with Gasteiger partial charge in [-0.05, 0) is 31.0 Å². The minimum absolute atomic E-state index is 0.00842. The first kappa shape index (κ1) is 13.8. The summed E-state index contributed by atoms with van der Waals surface area (Å²) >= 11 is 5.59. The third-order valence-electron chi connectivity index (χ3n) is 2.99. The maximum atomic E-state index is 13.4. The fourth-order valence-electron chi connectivity index (χ4n) is 1.68. The van der Waals surface area contributed by atoms with Crippen LogP contribution in [-0.4, -0.2) is 18.5 Å².